The summed E-state index contributed by atoms with van der Waals surface area (Å²) >= 11 is 0. The molecule has 20 heavy (non-hydrogen) atoms. The highest BCUT2D eigenvalue weighted by Gasteiger charge is 2.30. The van der Waals surface area contributed by atoms with Gasteiger partial charge in [-0.15, -0.1) is 0 Å². The third kappa shape index (κ3) is 3.72. The Morgan fingerprint density at radius 2 is 1.85 bits per heavy atom. The highest BCUT2D eigenvalue weighted by atomic mass is 16.2. The number of hydrogen-bond acceptors (Lipinski definition) is 3. The summed E-state index contributed by atoms with van der Waals surface area (Å²) in [6, 6.07) is -0.0161. The Bertz CT molecular complexity index is 359. The molecule has 2 aliphatic rings. The normalized spacial score (nSPS) is 28.1. The zero-order valence-electron chi connectivity index (χ0n) is 12.7. The van der Waals surface area contributed by atoms with Crippen LogP contribution in [-0.4, -0.2) is 60.4 Å². The molecule has 2 amide bonds. The minimum atomic E-state index is -0.0161. The summed E-state index contributed by atoms with van der Waals surface area (Å²) in [4.78, 5) is 27.8. The standard InChI is InChI=1S/C15H27N3O2/c1-3-13-5-6-16-14(11-13)15(20)18-8-4-7-17(9-10-18)12(2)19/h13-14,16H,3-11H2,1-2H3. The predicted molar refractivity (Wildman–Crippen MR) is 78.3 cm³/mol. The lowest BCUT2D eigenvalue weighted by Gasteiger charge is -2.32. The van der Waals surface area contributed by atoms with E-state index < -0.39 is 0 Å². The number of nitrogens with zero attached hydrogens (tertiary/aromatic N) is 2. The number of hydrogen-bond donors (Lipinski definition) is 1. The van der Waals surface area contributed by atoms with Crippen LogP contribution in [0.15, 0.2) is 0 Å². The van der Waals surface area contributed by atoms with Crippen molar-refractivity contribution >= 4 is 11.8 Å². The summed E-state index contributed by atoms with van der Waals surface area (Å²) in [6.07, 6.45) is 4.18. The van der Waals surface area contributed by atoms with E-state index in [-0.39, 0.29) is 17.9 Å². The maximum Gasteiger partial charge on any atom is 0.239 e. The van der Waals surface area contributed by atoms with Gasteiger partial charge in [0.2, 0.25) is 11.8 Å². The van der Waals surface area contributed by atoms with Crippen LogP contribution in [0.25, 0.3) is 0 Å². The Hall–Kier alpha value is -1.10. The molecule has 0 aromatic carbocycles. The fraction of sp³-hybridized carbons (Fsp3) is 0.867. The van der Waals surface area contributed by atoms with Crippen molar-refractivity contribution in [3.05, 3.63) is 0 Å². The molecule has 0 aromatic heterocycles. The lowest BCUT2D eigenvalue weighted by Crippen LogP contribution is -2.51. The number of carbonyl (C=O) groups excluding carboxylic acids is 2. The molecule has 5 nitrogen and oxygen atoms in total. The van der Waals surface area contributed by atoms with Gasteiger partial charge < -0.3 is 15.1 Å². The lowest BCUT2D eigenvalue weighted by molar-refractivity contribution is -0.135. The molecule has 1 N–H and O–H groups in total. The molecule has 5 heteroatoms. The van der Waals surface area contributed by atoms with Crippen LogP contribution in [0.5, 0.6) is 0 Å². The van der Waals surface area contributed by atoms with Crippen LogP contribution < -0.4 is 5.32 Å². The van der Waals surface area contributed by atoms with Gasteiger partial charge in [0.15, 0.2) is 0 Å². The number of piperidine rings is 1. The minimum Gasteiger partial charge on any atom is -0.341 e. The van der Waals surface area contributed by atoms with E-state index in [0.29, 0.717) is 19.0 Å². The first kappa shape index (κ1) is 15.3. The molecule has 0 aliphatic carbocycles. The van der Waals surface area contributed by atoms with Crippen LogP contribution in [0.4, 0.5) is 0 Å². The van der Waals surface area contributed by atoms with Crippen LogP contribution in [0.1, 0.15) is 39.5 Å². The monoisotopic (exact) mass is 281 g/mol. The highest BCUT2D eigenvalue weighted by molar-refractivity contribution is 5.82. The van der Waals surface area contributed by atoms with Crippen molar-refractivity contribution in [3.8, 4) is 0 Å². The molecule has 0 aromatic rings. The van der Waals surface area contributed by atoms with Crippen LogP contribution >= 0.6 is 0 Å². The van der Waals surface area contributed by atoms with Gasteiger partial charge in [0.05, 0.1) is 6.04 Å². The molecule has 0 radical (unpaired) electrons. The van der Waals surface area contributed by atoms with Crippen LogP contribution in [0.3, 0.4) is 0 Å². The Morgan fingerprint density at radius 3 is 2.55 bits per heavy atom. The van der Waals surface area contributed by atoms with Crippen molar-refractivity contribution in [2.24, 2.45) is 5.92 Å². The first-order chi connectivity index (χ1) is 9.61. The van der Waals surface area contributed by atoms with E-state index >= 15 is 0 Å². The molecule has 2 aliphatic heterocycles. The van der Waals surface area contributed by atoms with Gasteiger partial charge in [0.25, 0.3) is 0 Å². The van der Waals surface area contributed by atoms with Crippen molar-refractivity contribution in [2.75, 3.05) is 32.7 Å². The Morgan fingerprint density at radius 1 is 1.15 bits per heavy atom. The number of nitrogens with one attached hydrogen (secondary N) is 1. The smallest absolute Gasteiger partial charge is 0.239 e. The van der Waals surface area contributed by atoms with Gasteiger partial charge in [-0.2, -0.15) is 0 Å². The second-order valence-corrected chi connectivity index (χ2v) is 5.99. The summed E-state index contributed by atoms with van der Waals surface area (Å²) in [7, 11) is 0. The summed E-state index contributed by atoms with van der Waals surface area (Å²) in [6.45, 7) is 7.65. The molecule has 2 heterocycles. The van der Waals surface area contributed by atoms with Gasteiger partial charge >= 0.3 is 0 Å². The minimum absolute atomic E-state index is 0.0161. The van der Waals surface area contributed by atoms with E-state index in [4.69, 9.17) is 0 Å². The molecule has 0 bridgehead atoms. The third-order valence-corrected chi connectivity index (χ3v) is 4.64. The van der Waals surface area contributed by atoms with Crippen LogP contribution in [0, 0.1) is 5.92 Å². The van der Waals surface area contributed by atoms with Crippen LogP contribution in [0.2, 0.25) is 0 Å². The van der Waals surface area contributed by atoms with Crippen molar-refractivity contribution in [1.82, 2.24) is 15.1 Å². The molecular formula is C15H27N3O2. The second kappa shape index (κ2) is 7.07. The van der Waals surface area contributed by atoms with Gasteiger partial charge in [0.1, 0.15) is 0 Å². The third-order valence-electron chi connectivity index (χ3n) is 4.64. The number of carbonyl (C=O) groups is 2. The molecule has 2 atom stereocenters. The van der Waals surface area contributed by atoms with Crippen molar-refractivity contribution in [2.45, 2.75) is 45.6 Å². The molecule has 0 saturated carbocycles. The molecule has 114 valence electrons. The SMILES string of the molecule is CCC1CCNC(C(=O)N2CCCN(C(C)=O)CC2)C1. The lowest BCUT2D eigenvalue weighted by atomic mass is 9.90. The van der Waals surface area contributed by atoms with E-state index in [1.807, 2.05) is 9.80 Å². The Balaban J connectivity index is 1.90. The van der Waals surface area contributed by atoms with E-state index in [1.54, 1.807) is 6.92 Å². The zero-order valence-corrected chi connectivity index (χ0v) is 12.7. The highest BCUT2D eigenvalue weighted by Crippen LogP contribution is 2.20. The average molecular weight is 281 g/mol. The van der Waals surface area contributed by atoms with E-state index in [1.165, 1.54) is 6.42 Å². The van der Waals surface area contributed by atoms with Gasteiger partial charge in [-0.05, 0) is 31.7 Å². The molecule has 2 unspecified atom stereocenters. The summed E-state index contributed by atoms with van der Waals surface area (Å²) in [5.74, 6) is 1.01. The second-order valence-electron chi connectivity index (χ2n) is 5.99. The Kier molecular flexibility index (Phi) is 5.40. The average Bonchev–Trinajstić information content (AvgIpc) is 2.72. The van der Waals surface area contributed by atoms with Crippen molar-refractivity contribution in [3.63, 3.8) is 0 Å². The molecule has 0 spiro atoms. The zero-order chi connectivity index (χ0) is 14.5. The van der Waals surface area contributed by atoms with Crippen LogP contribution in [-0.2, 0) is 9.59 Å². The largest absolute Gasteiger partial charge is 0.341 e. The quantitative estimate of drug-likeness (QED) is 0.816. The van der Waals surface area contributed by atoms with Gasteiger partial charge in [-0.1, -0.05) is 13.3 Å². The predicted octanol–water partition coefficient (Wildman–Crippen LogP) is 0.845. The summed E-state index contributed by atoms with van der Waals surface area (Å²) in [5, 5.41) is 3.36. The first-order valence-corrected chi connectivity index (χ1v) is 7.89. The topological polar surface area (TPSA) is 52.7 Å². The van der Waals surface area contributed by atoms with Crippen molar-refractivity contribution < 1.29 is 9.59 Å². The van der Waals surface area contributed by atoms with E-state index in [9.17, 15) is 9.59 Å². The summed E-state index contributed by atoms with van der Waals surface area (Å²) in [5.41, 5.74) is 0. The molecule has 2 saturated heterocycles. The Labute approximate surface area is 121 Å². The fourth-order valence-corrected chi connectivity index (χ4v) is 3.23. The fourth-order valence-electron chi connectivity index (χ4n) is 3.23. The number of rotatable bonds is 2. The van der Waals surface area contributed by atoms with Gasteiger partial charge in [-0.25, -0.2) is 0 Å². The molecule has 2 rings (SSSR count). The number of amides is 2. The van der Waals surface area contributed by atoms with Gasteiger partial charge in [0, 0.05) is 33.1 Å². The van der Waals surface area contributed by atoms with Crippen molar-refractivity contribution in [1.29, 1.82) is 0 Å². The maximum atomic E-state index is 12.6. The first-order valence-electron chi connectivity index (χ1n) is 7.89. The van der Waals surface area contributed by atoms with E-state index in [2.05, 4.69) is 12.2 Å². The molecule has 2 fully saturated rings. The summed E-state index contributed by atoms with van der Waals surface area (Å²) < 4.78 is 0. The maximum absolute atomic E-state index is 12.6. The molecular weight excluding hydrogens is 254 g/mol. The van der Waals surface area contributed by atoms with Gasteiger partial charge in [-0.3, -0.25) is 9.59 Å². The van der Waals surface area contributed by atoms with E-state index in [0.717, 1.165) is 38.9 Å².